The van der Waals surface area contributed by atoms with Crippen molar-refractivity contribution in [3.05, 3.63) is 77.6 Å². The number of amides is 1. The number of hydrogen-bond acceptors (Lipinski definition) is 6. The van der Waals surface area contributed by atoms with Crippen LogP contribution in [0, 0.1) is 5.92 Å². The van der Waals surface area contributed by atoms with Crippen molar-refractivity contribution < 1.29 is 22.8 Å². The van der Waals surface area contributed by atoms with Crippen molar-refractivity contribution in [1.82, 2.24) is 5.16 Å². The van der Waals surface area contributed by atoms with Gasteiger partial charge in [-0.05, 0) is 43.0 Å². The first-order valence-electron chi connectivity index (χ1n) is 11.1. The minimum atomic E-state index is -4.06. The van der Waals surface area contributed by atoms with E-state index in [2.05, 4.69) is 5.16 Å². The Morgan fingerprint density at radius 3 is 2.27 bits per heavy atom. The Balaban J connectivity index is 1.59. The summed E-state index contributed by atoms with van der Waals surface area (Å²) in [5, 5.41) is 14.8. The quantitative estimate of drug-likeness (QED) is 0.578. The van der Waals surface area contributed by atoms with Crippen molar-refractivity contribution in [2.24, 2.45) is 5.92 Å². The predicted octanol–water partition coefficient (Wildman–Crippen LogP) is 4.88. The predicted molar refractivity (Wildman–Crippen MR) is 123 cm³/mol. The van der Waals surface area contributed by atoms with E-state index in [0.717, 1.165) is 37.7 Å². The molecule has 0 saturated heterocycles. The first-order valence-corrected chi connectivity index (χ1v) is 12.5. The molecule has 5 rings (SSSR count). The highest BCUT2D eigenvalue weighted by atomic mass is 32.2. The van der Waals surface area contributed by atoms with Crippen LogP contribution in [0.2, 0.25) is 0 Å². The normalized spacial score (nSPS) is 19.9. The molecule has 1 amide bonds. The lowest BCUT2D eigenvalue weighted by Gasteiger charge is -2.35. The van der Waals surface area contributed by atoms with Crippen LogP contribution in [-0.2, 0) is 14.6 Å². The van der Waals surface area contributed by atoms with Gasteiger partial charge in [0.2, 0.25) is 9.84 Å². The third kappa shape index (κ3) is 3.74. The highest BCUT2D eigenvalue weighted by Gasteiger charge is 2.49. The smallest absolute Gasteiger partial charge is 0.294 e. The Kier molecular flexibility index (Phi) is 5.54. The third-order valence-corrected chi connectivity index (χ3v) is 8.43. The Hall–Kier alpha value is -3.39. The van der Waals surface area contributed by atoms with Crippen LogP contribution in [0.5, 0.6) is 0 Å². The number of aromatic nitrogens is 1. The number of aliphatic hydroxyl groups is 1. The SMILES string of the molecule is O=C1C(O)=C(S(=O)(=O)c2ccccc2)C(C2CCCCC2)N1c1ccc(-c2ccon2)cc1. The van der Waals surface area contributed by atoms with Crippen molar-refractivity contribution in [3.8, 4) is 11.3 Å². The molecule has 1 N–H and O–H groups in total. The number of anilines is 1. The van der Waals surface area contributed by atoms with Crippen LogP contribution in [0.3, 0.4) is 0 Å². The molecular weight excluding hydrogens is 440 g/mol. The molecule has 0 bridgehead atoms. The van der Waals surface area contributed by atoms with Crippen molar-refractivity contribution >= 4 is 21.4 Å². The van der Waals surface area contributed by atoms with Gasteiger partial charge in [-0.1, -0.05) is 54.8 Å². The van der Waals surface area contributed by atoms with Crippen LogP contribution < -0.4 is 4.90 Å². The van der Waals surface area contributed by atoms with E-state index < -0.39 is 27.5 Å². The maximum atomic E-state index is 13.6. The molecule has 1 aromatic heterocycles. The number of rotatable bonds is 5. The summed E-state index contributed by atoms with van der Waals surface area (Å²) in [6.07, 6.45) is 6.09. The molecule has 1 unspecified atom stereocenters. The summed E-state index contributed by atoms with van der Waals surface area (Å²) >= 11 is 0. The van der Waals surface area contributed by atoms with E-state index in [-0.39, 0.29) is 15.7 Å². The lowest BCUT2D eigenvalue weighted by atomic mass is 9.83. The van der Waals surface area contributed by atoms with Crippen LogP contribution >= 0.6 is 0 Å². The van der Waals surface area contributed by atoms with Gasteiger partial charge in [0, 0.05) is 17.3 Å². The van der Waals surface area contributed by atoms with Crippen LogP contribution in [-0.4, -0.2) is 30.6 Å². The first kappa shape index (κ1) is 21.5. The van der Waals surface area contributed by atoms with Crippen molar-refractivity contribution in [2.45, 2.75) is 43.0 Å². The van der Waals surface area contributed by atoms with Crippen LogP contribution in [0.1, 0.15) is 32.1 Å². The number of carbonyl (C=O) groups is 1. The molecule has 170 valence electrons. The standard InChI is InChI=1S/C25H24N2O5S/c28-23-24(33(30,31)20-9-5-2-6-10-20)22(18-7-3-1-4-8-18)27(25(23)29)19-13-11-17(12-14-19)21-15-16-32-26-21/h2,5-6,9-16,18,22,28H,1,3-4,7-8H2. The average Bonchev–Trinajstić information content (AvgIpc) is 3.48. The van der Waals surface area contributed by atoms with Gasteiger partial charge >= 0.3 is 0 Å². The van der Waals surface area contributed by atoms with Gasteiger partial charge in [-0.25, -0.2) is 8.42 Å². The summed E-state index contributed by atoms with van der Waals surface area (Å²) < 4.78 is 32.1. The molecule has 1 aliphatic heterocycles. The molecule has 0 spiro atoms. The number of aliphatic hydroxyl groups excluding tert-OH is 1. The molecule has 0 radical (unpaired) electrons. The monoisotopic (exact) mass is 464 g/mol. The van der Waals surface area contributed by atoms with Crippen molar-refractivity contribution in [1.29, 1.82) is 0 Å². The topological polar surface area (TPSA) is 101 Å². The molecule has 33 heavy (non-hydrogen) atoms. The van der Waals surface area contributed by atoms with Gasteiger partial charge in [0.05, 0.1) is 10.9 Å². The van der Waals surface area contributed by atoms with E-state index in [0.29, 0.717) is 11.4 Å². The molecule has 7 nitrogen and oxygen atoms in total. The summed E-state index contributed by atoms with van der Waals surface area (Å²) in [6, 6.07) is 16.1. The van der Waals surface area contributed by atoms with E-state index in [1.807, 2.05) is 0 Å². The third-order valence-electron chi connectivity index (χ3n) is 6.52. The van der Waals surface area contributed by atoms with Gasteiger partial charge < -0.3 is 9.63 Å². The van der Waals surface area contributed by atoms with Gasteiger partial charge in [0.25, 0.3) is 5.91 Å². The second-order valence-electron chi connectivity index (χ2n) is 8.48. The molecule has 2 heterocycles. The molecule has 3 aromatic rings. The summed E-state index contributed by atoms with van der Waals surface area (Å²) in [7, 11) is -4.06. The summed E-state index contributed by atoms with van der Waals surface area (Å²) in [5.41, 5.74) is 2.00. The molecule has 1 aliphatic carbocycles. The summed E-state index contributed by atoms with van der Waals surface area (Å²) in [4.78, 5) is 14.6. The minimum absolute atomic E-state index is 0.0592. The van der Waals surface area contributed by atoms with E-state index in [1.165, 1.54) is 23.3 Å². The van der Waals surface area contributed by atoms with Gasteiger partial charge in [0.15, 0.2) is 5.76 Å². The van der Waals surface area contributed by atoms with Gasteiger partial charge in [-0.3, -0.25) is 9.69 Å². The van der Waals surface area contributed by atoms with Crippen LogP contribution in [0.25, 0.3) is 11.3 Å². The fourth-order valence-electron chi connectivity index (χ4n) is 4.92. The lowest BCUT2D eigenvalue weighted by molar-refractivity contribution is -0.117. The van der Waals surface area contributed by atoms with Gasteiger partial charge in [-0.15, -0.1) is 0 Å². The molecule has 2 aliphatic rings. The maximum Gasteiger partial charge on any atom is 0.294 e. The van der Waals surface area contributed by atoms with E-state index >= 15 is 0 Å². The number of hydrogen-bond donors (Lipinski definition) is 1. The van der Waals surface area contributed by atoms with Crippen molar-refractivity contribution in [2.75, 3.05) is 4.90 Å². The molecular formula is C25H24N2O5S. The van der Waals surface area contributed by atoms with Gasteiger partial charge in [0.1, 0.15) is 16.9 Å². The Bertz CT molecular complexity index is 1280. The zero-order valence-corrected chi connectivity index (χ0v) is 18.7. The Labute approximate surface area is 192 Å². The Morgan fingerprint density at radius 1 is 0.939 bits per heavy atom. The van der Waals surface area contributed by atoms with E-state index in [4.69, 9.17) is 4.52 Å². The van der Waals surface area contributed by atoms with Crippen LogP contribution in [0.4, 0.5) is 5.69 Å². The molecule has 8 heteroatoms. The maximum absolute atomic E-state index is 13.6. The molecule has 2 aromatic carbocycles. The fraction of sp³-hybridized carbons (Fsp3) is 0.280. The minimum Gasteiger partial charge on any atom is -0.502 e. The second kappa shape index (κ2) is 8.51. The van der Waals surface area contributed by atoms with Gasteiger partial charge in [-0.2, -0.15) is 0 Å². The van der Waals surface area contributed by atoms with E-state index in [1.54, 1.807) is 48.5 Å². The number of carbonyl (C=O) groups excluding carboxylic acids is 1. The van der Waals surface area contributed by atoms with Crippen molar-refractivity contribution in [3.63, 3.8) is 0 Å². The summed E-state index contributed by atoms with van der Waals surface area (Å²) in [6.45, 7) is 0. The summed E-state index contributed by atoms with van der Waals surface area (Å²) in [5.74, 6) is -1.43. The lowest BCUT2D eigenvalue weighted by Crippen LogP contribution is -2.42. The number of nitrogens with zero attached hydrogens (tertiary/aromatic N) is 2. The largest absolute Gasteiger partial charge is 0.502 e. The zero-order valence-electron chi connectivity index (χ0n) is 17.9. The zero-order chi connectivity index (χ0) is 23.0. The molecule has 1 saturated carbocycles. The second-order valence-corrected chi connectivity index (χ2v) is 10.4. The first-order chi connectivity index (χ1) is 16.0. The highest BCUT2D eigenvalue weighted by molar-refractivity contribution is 7.95. The molecule has 1 fully saturated rings. The number of benzene rings is 2. The van der Waals surface area contributed by atoms with Crippen LogP contribution in [0.15, 0.2) is 87.0 Å². The molecule has 1 atom stereocenters. The van der Waals surface area contributed by atoms with E-state index in [9.17, 15) is 18.3 Å². The number of sulfone groups is 1. The fourth-order valence-corrected chi connectivity index (χ4v) is 6.65. The Morgan fingerprint density at radius 2 is 1.64 bits per heavy atom. The average molecular weight is 465 g/mol. The highest BCUT2D eigenvalue weighted by Crippen LogP contribution is 2.43.